The summed E-state index contributed by atoms with van der Waals surface area (Å²) in [7, 11) is 1.56. The van der Waals surface area contributed by atoms with Gasteiger partial charge in [-0.25, -0.2) is 9.97 Å². The number of nitrogens with one attached hydrogen (secondary N) is 4. The van der Waals surface area contributed by atoms with Crippen LogP contribution in [-0.4, -0.2) is 78.7 Å². The summed E-state index contributed by atoms with van der Waals surface area (Å²) in [6, 6.07) is 3.57. The highest BCUT2D eigenvalue weighted by molar-refractivity contribution is 5.97. The standard InChI is InChI=1S/C18H23N9O3/c1-29-4-3-21-18(28)17-14(23-10-13-9-20-2-5-30-13)6-15(26-27-17)25-16-11-22-12(7-19)8-24-16/h6,8,11,13,20H,2-5,9-10H2,1H3,(H,21,28)(H2,23,24,25,26). The second-order valence-corrected chi connectivity index (χ2v) is 6.34. The molecule has 3 heterocycles. The van der Waals surface area contributed by atoms with E-state index in [4.69, 9.17) is 14.7 Å². The Labute approximate surface area is 173 Å². The molecule has 0 saturated carbocycles. The van der Waals surface area contributed by atoms with Gasteiger partial charge in [-0.1, -0.05) is 0 Å². The van der Waals surface area contributed by atoms with E-state index in [9.17, 15) is 4.79 Å². The van der Waals surface area contributed by atoms with E-state index in [0.29, 0.717) is 50.2 Å². The van der Waals surface area contributed by atoms with E-state index in [1.165, 1.54) is 12.4 Å². The van der Waals surface area contributed by atoms with Crippen LogP contribution in [0, 0.1) is 11.3 Å². The predicted molar refractivity (Wildman–Crippen MR) is 107 cm³/mol. The predicted octanol–water partition coefficient (Wildman–Crippen LogP) is -0.342. The highest BCUT2D eigenvalue weighted by Crippen LogP contribution is 2.19. The van der Waals surface area contributed by atoms with Gasteiger partial charge in [0.25, 0.3) is 5.91 Å². The van der Waals surface area contributed by atoms with E-state index < -0.39 is 0 Å². The van der Waals surface area contributed by atoms with Crippen molar-refractivity contribution in [3.63, 3.8) is 0 Å². The van der Waals surface area contributed by atoms with Crippen LogP contribution in [0.15, 0.2) is 18.5 Å². The van der Waals surface area contributed by atoms with Crippen molar-refractivity contribution >= 4 is 23.2 Å². The van der Waals surface area contributed by atoms with E-state index >= 15 is 0 Å². The molecule has 0 spiro atoms. The summed E-state index contributed by atoms with van der Waals surface area (Å²) in [4.78, 5) is 20.6. The lowest BCUT2D eigenvalue weighted by atomic mass is 10.2. The Morgan fingerprint density at radius 3 is 2.97 bits per heavy atom. The molecule has 2 aromatic heterocycles. The van der Waals surface area contributed by atoms with E-state index in [0.717, 1.165) is 6.54 Å². The lowest BCUT2D eigenvalue weighted by molar-refractivity contribution is 0.0372. The van der Waals surface area contributed by atoms with Gasteiger partial charge >= 0.3 is 0 Å². The number of hydrogen-bond acceptors (Lipinski definition) is 11. The molecule has 0 aliphatic carbocycles. The number of nitrogens with zero attached hydrogens (tertiary/aromatic N) is 5. The van der Waals surface area contributed by atoms with Crippen molar-refractivity contribution in [3.05, 3.63) is 29.8 Å². The summed E-state index contributed by atoms with van der Waals surface area (Å²) in [5, 5.41) is 29.1. The van der Waals surface area contributed by atoms with Crippen LogP contribution in [0.4, 0.5) is 17.3 Å². The van der Waals surface area contributed by atoms with Crippen molar-refractivity contribution in [2.24, 2.45) is 0 Å². The number of nitriles is 1. The number of amides is 1. The van der Waals surface area contributed by atoms with Gasteiger partial charge in [-0.2, -0.15) is 5.26 Å². The Kier molecular flexibility index (Phi) is 7.78. The zero-order valence-electron chi connectivity index (χ0n) is 16.5. The second-order valence-electron chi connectivity index (χ2n) is 6.34. The summed E-state index contributed by atoms with van der Waals surface area (Å²) in [6.07, 6.45) is 2.73. The van der Waals surface area contributed by atoms with Gasteiger partial charge in [-0.05, 0) is 0 Å². The highest BCUT2D eigenvalue weighted by Gasteiger charge is 2.18. The third-order valence-electron chi connectivity index (χ3n) is 4.15. The van der Waals surface area contributed by atoms with Gasteiger partial charge in [0.2, 0.25) is 0 Å². The molecule has 12 heteroatoms. The molecule has 1 aliphatic heterocycles. The molecule has 12 nitrogen and oxygen atoms in total. The molecule has 158 valence electrons. The number of carbonyl (C=O) groups is 1. The topological polar surface area (TPSA) is 159 Å². The fourth-order valence-corrected chi connectivity index (χ4v) is 2.66. The number of hydrogen-bond donors (Lipinski definition) is 4. The van der Waals surface area contributed by atoms with Gasteiger partial charge in [0.05, 0.1) is 37.4 Å². The molecule has 0 aromatic carbocycles. The molecule has 0 bridgehead atoms. The minimum atomic E-state index is -0.366. The van der Waals surface area contributed by atoms with Crippen molar-refractivity contribution in [2.45, 2.75) is 6.10 Å². The Morgan fingerprint density at radius 2 is 2.27 bits per heavy atom. The largest absolute Gasteiger partial charge is 0.383 e. The van der Waals surface area contributed by atoms with Gasteiger partial charge in [0.15, 0.2) is 17.2 Å². The first-order valence-electron chi connectivity index (χ1n) is 9.40. The fourth-order valence-electron chi connectivity index (χ4n) is 2.66. The average Bonchev–Trinajstić information content (AvgIpc) is 2.79. The van der Waals surface area contributed by atoms with Gasteiger partial charge in [0.1, 0.15) is 11.9 Å². The van der Waals surface area contributed by atoms with Crippen LogP contribution in [0.25, 0.3) is 0 Å². The van der Waals surface area contributed by atoms with Crippen LogP contribution in [-0.2, 0) is 9.47 Å². The van der Waals surface area contributed by atoms with Crippen LogP contribution in [0.3, 0.4) is 0 Å². The maximum Gasteiger partial charge on any atom is 0.274 e. The number of anilines is 3. The first kappa shape index (κ1) is 21.3. The van der Waals surface area contributed by atoms with E-state index in [1.54, 1.807) is 13.2 Å². The normalized spacial score (nSPS) is 15.8. The maximum atomic E-state index is 12.5. The molecular formula is C18H23N9O3. The lowest BCUT2D eigenvalue weighted by Crippen LogP contribution is -2.42. The van der Waals surface area contributed by atoms with Crippen LogP contribution in [0.5, 0.6) is 0 Å². The summed E-state index contributed by atoms with van der Waals surface area (Å²) < 4.78 is 10.6. The Hall–Kier alpha value is -3.40. The monoisotopic (exact) mass is 413 g/mol. The van der Waals surface area contributed by atoms with Crippen molar-refractivity contribution in [3.8, 4) is 6.07 Å². The fraction of sp³-hybridized carbons (Fsp3) is 0.444. The van der Waals surface area contributed by atoms with E-state index in [2.05, 4.69) is 41.4 Å². The van der Waals surface area contributed by atoms with Crippen LogP contribution in [0.2, 0.25) is 0 Å². The second kappa shape index (κ2) is 11.0. The van der Waals surface area contributed by atoms with Crippen LogP contribution in [0.1, 0.15) is 16.2 Å². The Balaban J connectivity index is 1.75. The third kappa shape index (κ3) is 6.05. The average molecular weight is 413 g/mol. The SMILES string of the molecule is COCCNC(=O)c1nnc(Nc2cnc(C#N)cn2)cc1NCC1CNCCO1. The Morgan fingerprint density at radius 1 is 1.37 bits per heavy atom. The minimum absolute atomic E-state index is 0.0304. The summed E-state index contributed by atoms with van der Waals surface area (Å²) in [5.74, 6) is 0.397. The molecule has 2 aromatic rings. The molecule has 0 radical (unpaired) electrons. The number of morpholine rings is 1. The first-order chi connectivity index (χ1) is 14.7. The number of aromatic nitrogens is 4. The van der Waals surface area contributed by atoms with Gasteiger partial charge in [-0.15, -0.1) is 10.2 Å². The van der Waals surface area contributed by atoms with Gasteiger partial charge in [0, 0.05) is 39.4 Å². The smallest absolute Gasteiger partial charge is 0.274 e. The molecule has 1 aliphatic rings. The van der Waals surface area contributed by atoms with Gasteiger partial charge in [-0.3, -0.25) is 4.79 Å². The molecular weight excluding hydrogens is 390 g/mol. The molecule has 1 unspecified atom stereocenters. The zero-order valence-corrected chi connectivity index (χ0v) is 16.5. The zero-order chi connectivity index (χ0) is 21.2. The van der Waals surface area contributed by atoms with Crippen molar-refractivity contribution in [1.29, 1.82) is 5.26 Å². The molecule has 1 saturated heterocycles. The van der Waals surface area contributed by atoms with Crippen molar-refractivity contribution < 1.29 is 14.3 Å². The maximum absolute atomic E-state index is 12.5. The molecule has 1 atom stereocenters. The minimum Gasteiger partial charge on any atom is -0.383 e. The number of carbonyl (C=O) groups excluding carboxylic acids is 1. The van der Waals surface area contributed by atoms with Gasteiger partial charge < -0.3 is 30.7 Å². The number of rotatable bonds is 9. The molecule has 3 rings (SSSR count). The lowest BCUT2D eigenvalue weighted by Gasteiger charge is -2.24. The molecule has 1 fully saturated rings. The van der Waals surface area contributed by atoms with E-state index in [-0.39, 0.29) is 23.4 Å². The summed E-state index contributed by atoms with van der Waals surface area (Å²) in [6.45, 7) is 3.41. The summed E-state index contributed by atoms with van der Waals surface area (Å²) >= 11 is 0. The van der Waals surface area contributed by atoms with Crippen molar-refractivity contribution in [1.82, 2.24) is 30.8 Å². The number of methoxy groups -OCH3 is 1. The van der Waals surface area contributed by atoms with Crippen LogP contribution >= 0.6 is 0 Å². The van der Waals surface area contributed by atoms with Crippen molar-refractivity contribution in [2.75, 3.05) is 57.1 Å². The van der Waals surface area contributed by atoms with E-state index in [1.807, 2.05) is 6.07 Å². The first-order valence-corrected chi connectivity index (χ1v) is 9.40. The molecule has 4 N–H and O–H groups in total. The molecule has 1 amide bonds. The quantitative estimate of drug-likeness (QED) is 0.398. The highest BCUT2D eigenvalue weighted by atomic mass is 16.5. The summed E-state index contributed by atoms with van der Waals surface area (Å²) in [5.41, 5.74) is 0.864. The molecule has 30 heavy (non-hydrogen) atoms. The number of ether oxygens (including phenoxy) is 2. The Bertz CT molecular complexity index is 879. The van der Waals surface area contributed by atoms with Crippen LogP contribution < -0.4 is 21.3 Å². The third-order valence-corrected chi connectivity index (χ3v) is 4.15.